The lowest BCUT2D eigenvalue weighted by molar-refractivity contribution is -0.137. The molecule has 0 atom stereocenters. The highest BCUT2D eigenvalue weighted by atomic mass is 32.1. The van der Waals surface area contributed by atoms with Crippen molar-refractivity contribution in [2.75, 3.05) is 6.54 Å². The maximum atomic E-state index is 12.2. The lowest BCUT2D eigenvalue weighted by Crippen LogP contribution is -2.22. The maximum absolute atomic E-state index is 12.2. The SMILES string of the molecule is FC(F)(F)c1nc2c(s1)CNCC2. The molecule has 0 radical (unpaired) electrons. The number of nitrogens with one attached hydrogen (secondary N) is 1. The summed E-state index contributed by atoms with van der Waals surface area (Å²) in [6.07, 6.45) is -3.69. The van der Waals surface area contributed by atoms with Gasteiger partial charge in [-0.05, 0) is 0 Å². The van der Waals surface area contributed by atoms with Gasteiger partial charge in [-0.1, -0.05) is 0 Å². The summed E-state index contributed by atoms with van der Waals surface area (Å²) < 4.78 is 36.6. The zero-order valence-electron chi connectivity index (χ0n) is 6.61. The van der Waals surface area contributed by atoms with E-state index in [2.05, 4.69) is 10.3 Å². The summed E-state index contributed by atoms with van der Waals surface area (Å²) in [5.74, 6) is 0. The lowest BCUT2D eigenvalue weighted by Gasteiger charge is -2.09. The lowest BCUT2D eigenvalue weighted by atomic mass is 10.2. The summed E-state index contributed by atoms with van der Waals surface area (Å²) in [5.41, 5.74) is 0.607. The van der Waals surface area contributed by atoms with Crippen LogP contribution in [0.25, 0.3) is 0 Å². The molecule has 13 heavy (non-hydrogen) atoms. The van der Waals surface area contributed by atoms with Crippen molar-refractivity contribution in [2.24, 2.45) is 0 Å². The van der Waals surface area contributed by atoms with Crippen LogP contribution in [-0.4, -0.2) is 11.5 Å². The molecule has 0 saturated carbocycles. The second-order valence-corrected chi connectivity index (χ2v) is 3.90. The Morgan fingerprint density at radius 2 is 2.15 bits per heavy atom. The van der Waals surface area contributed by atoms with Crippen LogP contribution in [0.2, 0.25) is 0 Å². The van der Waals surface area contributed by atoms with Crippen molar-refractivity contribution >= 4 is 11.3 Å². The summed E-state index contributed by atoms with van der Waals surface area (Å²) in [5, 5.41) is 2.29. The third-order valence-corrected chi connectivity index (χ3v) is 2.99. The highest BCUT2D eigenvalue weighted by molar-refractivity contribution is 7.11. The van der Waals surface area contributed by atoms with Gasteiger partial charge in [-0.3, -0.25) is 0 Å². The Bertz CT molecular complexity index is 295. The first kappa shape index (κ1) is 8.96. The van der Waals surface area contributed by atoms with E-state index in [1.165, 1.54) is 0 Å². The van der Waals surface area contributed by atoms with Crippen LogP contribution < -0.4 is 5.32 Å². The Morgan fingerprint density at radius 1 is 1.38 bits per heavy atom. The van der Waals surface area contributed by atoms with Gasteiger partial charge in [-0.2, -0.15) is 13.2 Å². The van der Waals surface area contributed by atoms with Crippen molar-refractivity contribution in [3.63, 3.8) is 0 Å². The van der Waals surface area contributed by atoms with Crippen LogP contribution in [0.5, 0.6) is 0 Å². The molecule has 0 aromatic carbocycles. The third-order valence-electron chi connectivity index (χ3n) is 1.84. The van der Waals surface area contributed by atoms with Crippen molar-refractivity contribution in [3.8, 4) is 0 Å². The largest absolute Gasteiger partial charge is 0.443 e. The molecule has 0 fully saturated rings. The monoisotopic (exact) mass is 208 g/mol. The van der Waals surface area contributed by atoms with Crippen LogP contribution in [0.4, 0.5) is 13.2 Å². The van der Waals surface area contributed by atoms with Crippen LogP contribution in [0.1, 0.15) is 15.6 Å². The zero-order valence-corrected chi connectivity index (χ0v) is 7.43. The van der Waals surface area contributed by atoms with Crippen LogP contribution >= 0.6 is 11.3 Å². The van der Waals surface area contributed by atoms with Crippen molar-refractivity contribution in [3.05, 3.63) is 15.6 Å². The maximum Gasteiger partial charge on any atom is 0.443 e. The van der Waals surface area contributed by atoms with Gasteiger partial charge < -0.3 is 5.32 Å². The minimum absolute atomic E-state index is 0.517. The quantitative estimate of drug-likeness (QED) is 0.703. The van der Waals surface area contributed by atoms with Crippen LogP contribution in [-0.2, 0) is 19.1 Å². The molecule has 1 aliphatic heterocycles. The van der Waals surface area contributed by atoms with E-state index in [-0.39, 0.29) is 0 Å². The molecule has 1 aromatic heterocycles. The fourth-order valence-corrected chi connectivity index (χ4v) is 2.19. The highest BCUT2D eigenvalue weighted by Crippen LogP contribution is 2.34. The van der Waals surface area contributed by atoms with E-state index in [1.54, 1.807) is 0 Å². The summed E-state index contributed by atoms with van der Waals surface area (Å²) in [6.45, 7) is 1.23. The van der Waals surface area contributed by atoms with Crippen molar-refractivity contribution in [1.82, 2.24) is 10.3 Å². The summed E-state index contributed by atoms with van der Waals surface area (Å²) in [4.78, 5) is 4.30. The summed E-state index contributed by atoms with van der Waals surface area (Å²) in [7, 11) is 0. The summed E-state index contributed by atoms with van der Waals surface area (Å²) >= 11 is 0.744. The molecule has 0 saturated heterocycles. The highest BCUT2D eigenvalue weighted by Gasteiger charge is 2.36. The van der Waals surface area contributed by atoms with Gasteiger partial charge in [0.15, 0.2) is 5.01 Å². The number of nitrogens with zero attached hydrogens (tertiary/aromatic N) is 1. The molecule has 0 amide bonds. The molecule has 0 spiro atoms. The van der Waals surface area contributed by atoms with Crippen molar-refractivity contribution < 1.29 is 13.2 Å². The van der Waals surface area contributed by atoms with Gasteiger partial charge in [0, 0.05) is 24.4 Å². The Hall–Kier alpha value is -0.620. The zero-order chi connectivity index (χ0) is 9.47. The van der Waals surface area contributed by atoms with E-state index in [4.69, 9.17) is 0 Å². The van der Waals surface area contributed by atoms with Crippen LogP contribution in [0, 0.1) is 0 Å². The molecular formula is C7H7F3N2S. The van der Waals surface area contributed by atoms with E-state index in [0.717, 1.165) is 16.2 Å². The summed E-state index contributed by atoms with van der Waals surface area (Å²) in [6, 6.07) is 0. The smallest absolute Gasteiger partial charge is 0.311 e. The van der Waals surface area contributed by atoms with Crippen molar-refractivity contribution in [1.29, 1.82) is 0 Å². The van der Waals surface area contributed by atoms with E-state index in [9.17, 15) is 13.2 Å². The molecule has 1 N–H and O–H groups in total. The first-order valence-corrected chi connectivity index (χ1v) is 4.65. The number of rotatable bonds is 0. The minimum atomic E-state index is -4.29. The van der Waals surface area contributed by atoms with Gasteiger partial charge >= 0.3 is 6.18 Å². The normalized spacial score (nSPS) is 17.2. The van der Waals surface area contributed by atoms with Gasteiger partial charge in [0.1, 0.15) is 0 Å². The average molecular weight is 208 g/mol. The average Bonchev–Trinajstić information content (AvgIpc) is 2.45. The van der Waals surface area contributed by atoms with E-state index in [0.29, 0.717) is 25.2 Å². The molecule has 0 aliphatic carbocycles. The topological polar surface area (TPSA) is 24.9 Å². The second-order valence-electron chi connectivity index (χ2n) is 2.81. The van der Waals surface area contributed by atoms with Crippen LogP contribution in [0.3, 0.4) is 0 Å². The number of thiazole rings is 1. The van der Waals surface area contributed by atoms with Gasteiger partial charge in [-0.15, -0.1) is 11.3 Å². The fraction of sp³-hybridized carbons (Fsp3) is 0.571. The Balaban J connectivity index is 2.36. The number of halogens is 3. The third kappa shape index (κ3) is 1.68. The molecule has 1 aliphatic rings. The standard InChI is InChI=1S/C7H7F3N2S/c8-7(9,10)6-12-4-1-2-11-3-5(4)13-6/h11H,1-3H2. The molecule has 2 nitrogen and oxygen atoms in total. The first-order valence-electron chi connectivity index (χ1n) is 3.84. The first-order chi connectivity index (χ1) is 6.07. The van der Waals surface area contributed by atoms with Gasteiger partial charge in [0.2, 0.25) is 0 Å². The van der Waals surface area contributed by atoms with Gasteiger partial charge in [0.05, 0.1) is 5.69 Å². The van der Waals surface area contributed by atoms with Crippen molar-refractivity contribution in [2.45, 2.75) is 19.1 Å². The van der Waals surface area contributed by atoms with Gasteiger partial charge in [-0.25, -0.2) is 4.98 Å². The Morgan fingerprint density at radius 3 is 2.77 bits per heavy atom. The molecule has 72 valence electrons. The Kier molecular flexibility index (Phi) is 2.03. The molecular weight excluding hydrogens is 201 g/mol. The predicted octanol–water partition coefficient (Wildman–Crippen LogP) is 1.81. The number of fused-ring (bicyclic) bond motifs is 1. The second kappa shape index (κ2) is 2.95. The molecule has 2 rings (SSSR count). The number of alkyl halides is 3. The molecule has 2 heterocycles. The molecule has 1 aromatic rings. The molecule has 6 heteroatoms. The van der Waals surface area contributed by atoms with E-state index in [1.807, 2.05) is 0 Å². The van der Waals surface area contributed by atoms with Crippen LogP contribution in [0.15, 0.2) is 0 Å². The molecule has 0 unspecified atom stereocenters. The molecule has 0 bridgehead atoms. The predicted molar refractivity (Wildman–Crippen MR) is 42.5 cm³/mol. The number of hydrogen-bond donors (Lipinski definition) is 1. The van der Waals surface area contributed by atoms with E-state index >= 15 is 0 Å². The Labute approximate surface area is 76.8 Å². The minimum Gasteiger partial charge on any atom is -0.311 e. The van der Waals surface area contributed by atoms with Gasteiger partial charge in [0.25, 0.3) is 0 Å². The number of aromatic nitrogens is 1. The number of hydrogen-bond acceptors (Lipinski definition) is 3. The van der Waals surface area contributed by atoms with E-state index < -0.39 is 11.2 Å². The fourth-order valence-electron chi connectivity index (χ4n) is 1.25.